The van der Waals surface area contributed by atoms with Crippen molar-refractivity contribution >= 4 is 0 Å². The van der Waals surface area contributed by atoms with Crippen molar-refractivity contribution < 1.29 is 4.74 Å². The predicted molar refractivity (Wildman–Crippen MR) is 60.4 cm³/mol. The average Bonchev–Trinajstić information content (AvgIpc) is 2.15. The van der Waals surface area contributed by atoms with E-state index in [-0.39, 0.29) is 0 Å². The molecule has 1 atom stereocenters. The van der Waals surface area contributed by atoms with E-state index in [4.69, 9.17) is 10.5 Å². The first-order valence-corrected chi connectivity index (χ1v) is 6.52. The third kappa shape index (κ3) is 1.62. The Kier molecular flexibility index (Phi) is 2.52. The zero-order valence-electron chi connectivity index (χ0n) is 9.69. The van der Waals surface area contributed by atoms with Gasteiger partial charge in [0.2, 0.25) is 0 Å². The summed E-state index contributed by atoms with van der Waals surface area (Å²) in [5.41, 5.74) is 6.28. The molecule has 0 amide bonds. The monoisotopic (exact) mass is 209 g/mol. The fourth-order valence-corrected chi connectivity index (χ4v) is 4.97. The van der Waals surface area contributed by atoms with E-state index in [1.807, 2.05) is 0 Å². The van der Waals surface area contributed by atoms with Crippen LogP contribution in [0.15, 0.2) is 0 Å². The number of hydrogen-bond donors (Lipinski definition) is 1. The molecule has 0 spiro atoms. The molecule has 4 aliphatic rings. The molecule has 0 aromatic rings. The van der Waals surface area contributed by atoms with Crippen molar-refractivity contribution in [2.75, 3.05) is 13.7 Å². The highest BCUT2D eigenvalue weighted by Crippen LogP contribution is 2.57. The zero-order chi connectivity index (χ0) is 10.4. The summed E-state index contributed by atoms with van der Waals surface area (Å²) in [4.78, 5) is 0. The standard InChI is InChI=1S/C13H23NO/c1-15-7-12(14)13-10-3-8-2-9(5-10)6-11(13)4-8/h8-13H,2-7,14H2,1H3. The van der Waals surface area contributed by atoms with Crippen LogP contribution in [0.1, 0.15) is 32.1 Å². The molecule has 2 nitrogen and oxygen atoms in total. The van der Waals surface area contributed by atoms with E-state index in [0.717, 1.165) is 36.2 Å². The highest BCUT2D eigenvalue weighted by molar-refractivity contribution is 5.00. The van der Waals surface area contributed by atoms with Crippen molar-refractivity contribution in [3.8, 4) is 0 Å². The lowest BCUT2D eigenvalue weighted by Gasteiger charge is -2.55. The molecular formula is C13H23NO. The normalized spacial score (nSPS) is 49.6. The SMILES string of the molecule is COCC(N)C1C2CC3CC(C2)CC1C3. The molecule has 0 saturated heterocycles. The number of hydrogen-bond acceptors (Lipinski definition) is 2. The molecule has 86 valence electrons. The highest BCUT2D eigenvalue weighted by atomic mass is 16.5. The molecule has 2 N–H and O–H groups in total. The Morgan fingerprint density at radius 1 is 1.07 bits per heavy atom. The van der Waals surface area contributed by atoms with Gasteiger partial charge in [-0.15, -0.1) is 0 Å². The summed E-state index contributed by atoms with van der Waals surface area (Å²) in [5.74, 6) is 4.76. The average molecular weight is 209 g/mol. The lowest BCUT2D eigenvalue weighted by atomic mass is 9.50. The Bertz CT molecular complexity index is 213. The van der Waals surface area contributed by atoms with Crippen LogP contribution in [0.5, 0.6) is 0 Å². The largest absolute Gasteiger partial charge is 0.383 e. The van der Waals surface area contributed by atoms with E-state index in [9.17, 15) is 0 Å². The summed E-state index contributed by atoms with van der Waals surface area (Å²) in [5, 5.41) is 0. The van der Waals surface area contributed by atoms with E-state index in [1.165, 1.54) is 32.1 Å². The maximum absolute atomic E-state index is 6.28. The fraction of sp³-hybridized carbons (Fsp3) is 1.00. The van der Waals surface area contributed by atoms with Gasteiger partial charge in [-0.2, -0.15) is 0 Å². The number of methoxy groups -OCH3 is 1. The summed E-state index contributed by atoms with van der Waals surface area (Å²) < 4.78 is 5.24. The smallest absolute Gasteiger partial charge is 0.0616 e. The third-order valence-corrected chi connectivity index (χ3v) is 5.15. The summed E-state index contributed by atoms with van der Waals surface area (Å²) in [7, 11) is 1.77. The van der Waals surface area contributed by atoms with Crippen LogP contribution in [-0.2, 0) is 4.74 Å². The van der Waals surface area contributed by atoms with Gasteiger partial charge in [0.1, 0.15) is 0 Å². The van der Waals surface area contributed by atoms with Crippen LogP contribution in [0, 0.1) is 29.6 Å². The van der Waals surface area contributed by atoms with Gasteiger partial charge in [-0.25, -0.2) is 0 Å². The number of rotatable bonds is 3. The van der Waals surface area contributed by atoms with Gasteiger partial charge in [0.25, 0.3) is 0 Å². The van der Waals surface area contributed by atoms with Gasteiger partial charge in [-0.05, 0) is 61.7 Å². The van der Waals surface area contributed by atoms with Gasteiger partial charge in [-0.3, -0.25) is 0 Å². The summed E-state index contributed by atoms with van der Waals surface area (Å²) in [6.07, 6.45) is 7.40. The van der Waals surface area contributed by atoms with Crippen LogP contribution in [-0.4, -0.2) is 19.8 Å². The van der Waals surface area contributed by atoms with Crippen molar-refractivity contribution in [2.24, 2.45) is 35.3 Å². The molecule has 4 rings (SSSR count). The topological polar surface area (TPSA) is 35.2 Å². The van der Waals surface area contributed by atoms with Crippen LogP contribution in [0.2, 0.25) is 0 Å². The summed E-state index contributed by atoms with van der Waals surface area (Å²) in [6.45, 7) is 0.757. The van der Waals surface area contributed by atoms with E-state index in [2.05, 4.69) is 0 Å². The maximum atomic E-state index is 6.28. The Labute approximate surface area is 92.6 Å². The summed E-state index contributed by atoms with van der Waals surface area (Å²) >= 11 is 0. The van der Waals surface area contributed by atoms with Crippen molar-refractivity contribution in [3.05, 3.63) is 0 Å². The summed E-state index contributed by atoms with van der Waals surface area (Å²) in [6, 6.07) is 0.296. The molecule has 4 aliphatic carbocycles. The first-order chi connectivity index (χ1) is 7.28. The maximum Gasteiger partial charge on any atom is 0.0616 e. The predicted octanol–water partition coefficient (Wildman–Crippen LogP) is 2.03. The first kappa shape index (κ1) is 10.1. The van der Waals surface area contributed by atoms with Crippen LogP contribution < -0.4 is 5.73 Å². The molecule has 4 saturated carbocycles. The minimum atomic E-state index is 0.296. The van der Waals surface area contributed by atoms with Crippen molar-refractivity contribution in [2.45, 2.75) is 38.1 Å². The number of nitrogens with two attached hydrogens (primary N) is 1. The van der Waals surface area contributed by atoms with Crippen LogP contribution in [0.3, 0.4) is 0 Å². The minimum absolute atomic E-state index is 0.296. The van der Waals surface area contributed by atoms with Gasteiger partial charge in [0, 0.05) is 13.2 Å². The van der Waals surface area contributed by atoms with E-state index < -0.39 is 0 Å². The molecule has 0 heterocycles. The second kappa shape index (κ2) is 3.74. The molecule has 1 unspecified atom stereocenters. The second-order valence-corrected chi connectivity index (χ2v) is 6.13. The van der Waals surface area contributed by atoms with Crippen molar-refractivity contribution in [3.63, 3.8) is 0 Å². The molecule has 4 fully saturated rings. The van der Waals surface area contributed by atoms with Crippen LogP contribution in [0.25, 0.3) is 0 Å². The molecular weight excluding hydrogens is 186 g/mol. The van der Waals surface area contributed by atoms with Gasteiger partial charge in [-0.1, -0.05) is 0 Å². The molecule has 15 heavy (non-hydrogen) atoms. The lowest BCUT2D eigenvalue weighted by Crippen LogP contribution is -2.52. The quantitative estimate of drug-likeness (QED) is 0.772. The van der Waals surface area contributed by atoms with Gasteiger partial charge in [0.15, 0.2) is 0 Å². The lowest BCUT2D eigenvalue weighted by molar-refractivity contribution is -0.0554. The van der Waals surface area contributed by atoms with Crippen LogP contribution >= 0.6 is 0 Å². The molecule has 0 radical (unpaired) electrons. The third-order valence-electron chi connectivity index (χ3n) is 5.15. The minimum Gasteiger partial charge on any atom is -0.383 e. The Morgan fingerprint density at radius 3 is 2.07 bits per heavy atom. The van der Waals surface area contributed by atoms with E-state index in [1.54, 1.807) is 7.11 Å². The zero-order valence-corrected chi connectivity index (χ0v) is 9.69. The Hall–Kier alpha value is -0.0800. The Morgan fingerprint density at radius 2 is 1.60 bits per heavy atom. The van der Waals surface area contributed by atoms with E-state index >= 15 is 0 Å². The van der Waals surface area contributed by atoms with Crippen LogP contribution in [0.4, 0.5) is 0 Å². The molecule has 2 heteroatoms. The first-order valence-electron chi connectivity index (χ1n) is 6.52. The van der Waals surface area contributed by atoms with Gasteiger partial charge >= 0.3 is 0 Å². The molecule has 4 bridgehead atoms. The molecule has 0 aliphatic heterocycles. The van der Waals surface area contributed by atoms with Crippen molar-refractivity contribution in [1.29, 1.82) is 0 Å². The molecule has 0 aromatic heterocycles. The Balaban J connectivity index is 1.74. The fourth-order valence-electron chi connectivity index (χ4n) is 4.97. The highest BCUT2D eigenvalue weighted by Gasteiger charge is 2.49. The van der Waals surface area contributed by atoms with Crippen molar-refractivity contribution in [1.82, 2.24) is 0 Å². The molecule has 0 aromatic carbocycles. The van der Waals surface area contributed by atoms with Gasteiger partial charge in [0.05, 0.1) is 6.61 Å². The number of ether oxygens (including phenoxy) is 1. The second-order valence-electron chi connectivity index (χ2n) is 6.13. The van der Waals surface area contributed by atoms with E-state index in [0.29, 0.717) is 6.04 Å². The van der Waals surface area contributed by atoms with Gasteiger partial charge < -0.3 is 10.5 Å².